The van der Waals surface area contributed by atoms with Gasteiger partial charge in [0.05, 0.1) is 19.8 Å². The molecule has 0 radical (unpaired) electrons. The van der Waals surface area contributed by atoms with Crippen molar-refractivity contribution in [1.29, 1.82) is 0 Å². The number of benzene rings is 2. The highest BCUT2D eigenvalue weighted by Crippen LogP contribution is 2.32. The van der Waals surface area contributed by atoms with Gasteiger partial charge in [0.15, 0.2) is 11.5 Å². The lowest BCUT2D eigenvalue weighted by Crippen LogP contribution is -2.14. The Labute approximate surface area is 123 Å². The van der Waals surface area contributed by atoms with E-state index >= 15 is 0 Å². The molecule has 0 aromatic heterocycles. The molecule has 2 aromatic rings. The van der Waals surface area contributed by atoms with Crippen LogP contribution in [0.25, 0.3) is 0 Å². The third kappa shape index (κ3) is 2.91. The van der Waals surface area contributed by atoms with E-state index < -0.39 is 0 Å². The van der Waals surface area contributed by atoms with E-state index in [9.17, 15) is 9.90 Å². The van der Waals surface area contributed by atoms with Gasteiger partial charge < -0.3 is 19.9 Å². The van der Waals surface area contributed by atoms with E-state index in [1.165, 1.54) is 14.2 Å². The summed E-state index contributed by atoms with van der Waals surface area (Å²) in [5, 5.41) is 12.4. The van der Waals surface area contributed by atoms with Crippen LogP contribution in [-0.2, 0) is 0 Å². The Morgan fingerprint density at radius 2 is 1.81 bits per heavy atom. The first-order valence-electron chi connectivity index (χ1n) is 6.39. The van der Waals surface area contributed by atoms with Gasteiger partial charge in [0, 0.05) is 11.3 Å². The van der Waals surface area contributed by atoms with Crippen LogP contribution in [0.15, 0.2) is 36.4 Å². The number of aromatic hydroxyl groups is 1. The summed E-state index contributed by atoms with van der Waals surface area (Å²) in [6.45, 7) is 1.73. The number of amides is 1. The fourth-order valence-electron chi connectivity index (χ4n) is 2.01. The number of phenolic OH excluding ortho intramolecular Hbond substituents is 1. The van der Waals surface area contributed by atoms with E-state index in [1.807, 2.05) is 0 Å². The number of carbonyl (C=O) groups is 1. The Bertz CT molecular complexity index is 667. The number of hydrogen-bond donors (Lipinski definition) is 2. The van der Waals surface area contributed by atoms with Crippen LogP contribution >= 0.6 is 0 Å². The predicted octanol–water partition coefficient (Wildman–Crippen LogP) is 2.97. The second-order valence-electron chi connectivity index (χ2n) is 4.44. The third-order valence-electron chi connectivity index (χ3n) is 3.20. The topological polar surface area (TPSA) is 67.8 Å². The number of methoxy groups -OCH3 is 2. The van der Waals surface area contributed by atoms with Gasteiger partial charge in [-0.3, -0.25) is 4.79 Å². The average molecular weight is 287 g/mol. The molecule has 0 aliphatic carbocycles. The molecule has 0 saturated carbocycles. The van der Waals surface area contributed by atoms with E-state index in [0.29, 0.717) is 28.3 Å². The Balaban J connectivity index is 2.35. The van der Waals surface area contributed by atoms with Gasteiger partial charge in [-0.1, -0.05) is 12.1 Å². The number of nitrogens with one attached hydrogen (secondary N) is 1. The summed E-state index contributed by atoms with van der Waals surface area (Å²) < 4.78 is 10.4. The standard InChI is InChI=1S/C16H17NO4/c1-10-12(7-5-8-13(10)18)17-16(19)11-6-4-9-14(20-2)15(11)21-3/h4-9,18H,1-3H3,(H,17,19). The SMILES string of the molecule is COc1cccc(C(=O)Nc2cccc(O)c2C)c1OC. The molecule has 5 nitrogen and oxygen atoms in total. The number of anilines is 1. The van der Waals surface area contributed by atoms with Gasteiger partial charge in [0.2, 0.25) is 0 Å². The number of carbonyl (C=O) groups excluding carboxylic acids is 1. The molecular weight excluding hydrogens is 270 g/mol. The van der Waals surface area contributed by atoms with Crippen molar-refractivity contribution in [3.05, 3.63) is 47.5 Å². The van der Waals surface area contributed by atoms with Gasteiger partial charge in [-0.05, 0) is 31.2 Å². The lowest BCUT2D eigenvalue weighted by atomic mass is 10.1. The summed E-state index contributed by atoms with van der Waals surface area (Å²) in [4.78, 5) is 12.4. The maximum absolute atomic E-state index is 12.4. The van der Waals surface area contributed by atoms with Crippen molar-refractivity contribution in [2.24, 2.45) is 0 Å². The van der Waals surface area contributed by atoms with Crippen LogP contribution in [0.3, 0.4) is 0 Å². The average Bonchev–Trinajstić information content (AvgIpc) is 2.50. The van der Waals surface area contributed by atoms with Crippen molar-refractivity contribution in [2.75, 3.05) is 19.5 Å². The molecule has 2 N–H and O–H groups in total. The van der Waals surface area contributed by atoms with Crippen LogP contribution in [0, 0.1) is 6.92 Å². The van der Waals surface area contributed by atoms with Crippen molar-refractivity contribution in [3.63, 3.8) is 0 Å². The molecule has 5 heteroatoms. The molecule has 0 fully saturated rings. The van der Waals surface area contributed by atoms with Gasteiger partial charge in [0.1, 0.15) is 5.75 Å². The fourth-order valence-corrected chi connectivity index (χ4v) is 2.01. The zero-order chi connectivity index (χ0) is 15.4. The molecule has 0 spiro atoms. The quantitative estimate of drug-likeness (QED) is 0.907. The molecule has 110 valence electrons. The maximum Gasteiger partial charge on any atom is 0.259 e. The minimum atomic E-state index is -0.334. The van der Waals surface area contributed by atoms with Crippen LogP contribution in [-0.4, -0.2) is 25.2 Å². The summed E-state index contributed by atoms with van der Waals surface area (Å²) in [7, 11) is 2.99. The second kappa shape index (κ2) is 6.17. The predicted molar refractivity (Wildman–Crippen MR) is 80.3 cm³/mol. The molecule has 1 amide bonds. The molecule has 0 atom stereocenters. The highest BCUT2D eigenvalue weighted by molar-refractivity contribution is 6.07. The van der Waals surface area contributed by atoms with Crippen molar-refractivity contribution in [3.8, 4) is 17.2 Å². The lowest BCUT2D eigenvalue weighted by Gasteiger charge is -2.13. The molecule has 0 saturated heterocycles. The summed E-state index contributed by atoms with van der Waals surface area (Å²) in [6, 6.07) is 10.0. The number of hydrogen-bond acceptors (Lipinski definition) is 4. The van der Waals surface area contributed by atoms with E-state index in [1.54, 1.807) is 43.3 Å². The molecule has 0 unspecified atom stereocenters. The fraction of sp³-hybridized carbons (Fsp3) is 0.188. The summed E-state index contributed by atoms with van der Waals surface area (Å²) in [5.74, 6) is 0.651. The zero-order valence-electron chi connectivity index (χ0n) is 12.1. The van der Waals surface area contributed by atoms with E-state index in [4.69, 9.17) is 9.47 Å². The van der Waals surface area contributed by atoms with Gasteiger partial charge in [0.25, 0.3) is 5.91 Å². The van der Waals surface area contributed by atoms with E-state index in [2.05, 4.69) is 5.32 Å². The largest absolute Gasteiger partial charge is 0.508 e. The Morgan fingerprint density at radius 3 is 2.48 bits per heavy atom. The van der Waals surface area contributed by atoms with Crippen molar-refractivity contribution in [1.82, 2.24) is 0 Å². The molecule has 0 heterocycles. The van der Waals surface area contributed by atoms with Gasteiger partial charge in [-0.15, -0.1) is 0 Å². The van der Waals surface area contributed by atoms with Crippen molar-refractivity contribution < 1.29 is 19.4 Å². The van der Waals surface area contributed by atoms with E-state index in [0.717, 1.165) is 0 Å². The van der Waals surface area contributed by atoms with E-state index in [-0.39, 0.29) is 11.7 Å². The van der Waals surface area contributed by atoms with Crippen molar-refractivity contribution >= 4 is 11.6 Å². The minimum absolute atomic E-state index is 0.130. The smallest absolute Gasteiger partial charge is 0.259 e. The third-order valence-corrected chi connectivity index (χ3v) is 3.20. The molecule has 0 bridgehead atoms. The first kappa shape index (κ1) is 14.7. The molecule has 0 aliphatic heterocycles. The van der Waals surface area contributed by atoms with Crippen LogP contribution in [0.2, 0.25) is 0 Å². The van der Waals surface area contributed by atoms with Gasteiger partial charge in [-0.2, -0.15) is 0 Å². The molecular formula is C16H17NO4. The second-order valence-corrected chi connectivity index (χ2v) is 4.44. The highest BCUT2D eigenvalue weighted by Gasteiger charge is 2.17. The normalized spacial score (nSPS) is 10.0. The Hall–Kier alpha value is -2.69. The number of para-hydroxylation sites is 1. The van der Waals surface area contributed by atoms with Crippen LogP contribution in [0.1, 0.15) is 15.9 Å². The number of phenols is 1. The van der Waals surface area contributed by atoms with Crippen LogP contribution in [0.4, 0.5) is 5.69 Å². The minimum Gasteiger partial charge on any atom is -0.508 e. The monoisotopic (exact) mass is 287 g/mol. The molecule has 21 heavy (non-hydrogen) atoms. The van der Waals surface area contributed by atoms with Gasteiger partial charge >= 0.3 is 0 Å². The number of rotatable bonds is 4. The number of ether oxygens (including phenoxy) is 2. The summed E-state index contributed by atoms with van der Waals surface area (Å²) >= 11 is 0. The van der Waals surface area contributed by atoms with Crippen LogP contribution < -0.4 is 14.8 Å². The summed E-state index contributed by atoms with van der Waals surface area (Å²) in [6.07, 6.45) is 0. The molecule has 0 aliphatic rings. The summed E-state index contributed by atoms with van der Waals surface area (Å²) in [5.41, 5.74) is 1.51. The first-order valence-corrected chi connectivity index (χ1v) is 6.39. The van der Waals surface area contributed by atoms with Crippen molar-refractivity contribution in [2.45, 2.75) is 6.92 Å². The van der Waals surface area contributed by atoms with Gasteiger partial charge in [-0.25, -0.2) is 0 Å². The molecule has 2 aromatic carbocycles. The first-order chi connectivity index (χ1) is 10.1. The highest BCUT2D eigenvalue weighted by atomic mass is 16.5. The Kier molecular flexibility index (Phi) is 4.33. The maximum atomic E-state index is 12.4. The zero-order valence-corrected chi connectivity index (χ0v) is 12.1. The Morgan fingerprint density at radius 1 is 1.10 bits per heavy atom. The molecule has 2 rings (SSSR count). The lowest BCUT2D eigenvalue weighted by molar-refractivity contribution is 0.102. The van der Waals surface area contributed by atoms with Crippen LogP contribution in [0.5, 0.6) is 17.2 Å².